The summed E-state index contributed by atoms with van der Waals surface area (Å²) >= 11 is 6.05. The molecule has 0 atom stereocenters. The zero-order chi connectivity index (χ0) is 21.2. The van der Waals surface area contributed by atoms with Gasteiger partial charge in [-0.2, -0.15) is 4.31 Å². The second kappa shape index (κ2) is 8.40. The molecule has 0 unspecified atom stereocenters. The predicted octanol–water partition coefficient (Wildman–Crippen LogP) is 1.92. The summed E-state index contributed by atoms with van der Waals surface area (Å²) < 4.78 is 32.2. The maximum absolute atomic E-state index is 12.9. The smallest absolute Gasteiger partial charge is 0.262 e. The van der Waals surface area contributed by atoms with Gasteiger partial charge in [0.05, 0.1) is 17.1 Å². The van der Waals surface area contributed by atoms with Gasteiger partial charge in [0.1, 0.15) is 5.75 Å². The van der Waals surface area contributed by atoms with Crippen LogP contribution in [0.4, 0.5) is 5.69 Å². The van der Waals surface area contributed by atoms with E-state index in [1.807, 2.05) is 0 Å². The number of amides is 2. The Morgan fingerprint density at radius 3 is 2.76 bits per heavy atom. The molecule has 2 amide bonds. The summed E-state index contributed by atoms with van der Waals surface area (Å²) in [5.41, 5.74) is 1.58. The summed E-state index contributed by atoms with van der Waals surface area (Å²) in [6.07, 6.45) is 0. The maximum Gasteiger partial charge on any atom is 0.262 e. The van der Waals surface area contributed by atoms with E-state index in [1.54, 1.807) is 31.2 Å². The Kier molecular flexibility index (Phi) is 6.11. The third-order valence-electron chi connectivity index (χ3n) is 4.40. The summed E-state index contributed by atoms with van der Waals surface area (Å²) in [6, 6.07) is 9.96. The van der Waals surface area contributed by atoms with Crippen LogP contribution in [0, 0.1) is 6.92 Å². The second-order valence-electron chi connectivity index (χ2n) is 6.58. The minimum absolute atomic E-state index is 0.00815. The molecular formula is C19H20ClN3O5S. The highest BCUT2D eigenvalue weighted by molar-refractivity contribution is 7.89. The van der Waals surface area contributed by atoms with E-state index in [9.17, 15) is 18.0 Å². The number of likely N-dealkylation sites (N-methyl/N-ethyl adjacent to an activating group) is 1. The van der Waals surface area contributed by atoms with Crippen molar-refractivity contribution in [1.82, 2.24) is 9.62 Å². The maximum atomic E-state index is 12.9. The van der Waals surface area contributed by atoms with Gasteiger partial charge in [-0.1, -0.05) is 29.8 Å². The van der Waals surface area contributed by atoms with Crippen LogP contribution in [0.3, 0.4) is 0 Å². The van der Waals surface area contributed by atoms with Crippen molar-refractivity contribution in [3.05, 3.63) is 52.5 Å². The first-order valence-electron chi connectivity index (χ1n) is 8.72. The van der Waals surface area contributed by atoms with Crippen LogP contribution in [-0.4, -0.2) is 44.7 Å². The standard InChI is InChI=1S/C19H20ClN3O5S/c1-12-7-15-16(28-11-19(25)22-15)8-17(12)29(26,27)23(2)10-18(24)21-9-13-5-3-4-6-14(13)20/h3-8H,9-11H2,1-2H3,(H,21,24)(H,22,25). The first kappa shape index (κ1) is 21.1. The fraction of sp³-hybridized carbons (Fsp3) is 0.263. The highest BCUT2D eigenvalue weighted by Crippen LogP contribution is 2.33. The Bertz CT molecular complexity index is 1070. The van der Waals surface area contributed by atoms with Gasteiger partial charge in [-0.15, -0.1) is 0 Å². The van der Waals surface area contributed by atoms with Crippen LogP contribution in [0.15, 0.2) is 41.3 Å². The Morgan fingerprint density at radius 1 is 1.31 bits per heavy atom. The third kappa shape index (κ3) is 4.69. The van der Waals surface area contributed by atoms with Gasteiger partial charge in [0.15, 0.2) is 6.61 Å². The van der Waals surface area contributed by atoms with Crippen molar-refractivity contribution in [1.29, 1.82) is 0 Å². The fourth-order valence-corrected chi connectivity index (χ4v) is 4.39. The number of carbonyl (C=O) groups is 2. The summed E-state index contributed by atoms with van der Waals surface area (Å²) in [5.74, 6) is -0.500. The van der Waals surface area contributed by atoms with Crippen molar-refractivity contribution >= 4 is 39.1 Å². The Balaban J connectivity index is 1.71. The molecule has 3 rings (SSSR count). The molecule has 8 nitrogen and oxygen atoms in total. The van der Waals surface area contributed by atoms with Gasteiger partial charge in [-0.25, -0.2) is 8.42 Å². The number of anilines is 1. The van der Waals surface area contributed by atoms with E-state index in [0.29, 0.717) is 16.3 Å². The molecule has 0 aromatic heterocycles. The molecule has 0 aliphatic carbocycles. The Hall–Kier alpha value is -2.62. The first-order chi connectivity index (χ1) is 13.7. The fourth-order valence-electron chi connectivity index (χ4n) is 2.84. The van der Waals surface area contributed by atoms with E-state index in [2.05, 4.69) is 10.6 Å². The molecule has 1 aliphatic rings. The van der Waals surface area contributed by atoms with E-state index in [0.717, 1.165) is 9.87 Å². The molecule has 0 radical (unpaired) electrons. The lowest BCUT2D eigenvalue weighted by atomic mass is 10.2. The lowest BCUT2D eigenvalue weighted by molar-refractivity contribution is -0.121. The highest BCUT2D eigenvalue weighted by Gasteiger charge is 2.28. The number of ether oxygens (including phenoxy) is 1. The number of nitrogens with one attached hydrogen (secondary N) is 2. The lowest BCUT2D eigenvalue weighted by Gasteiger charge is -2.22. The molecule has 0 saturated carbocycles. The molecule has 2 aromatic carbocycles. The quantitative estimate of drug-likeness (QED) is 0.718. The number of nitrogens with zero attached hydrogens (tertiary/aromatic N) is 1. The van der Waals surface area contributed by atoms with Gasteiger partial charge in [0.25, 0.3) is 5.91 Å². The molecule has 2 aromatic rings. The van der Waals surface area contributed by atoms with Crippen molar-refractivity contribution in [2.45, 2.75) is 18.4 Å². The van der Waals surface area contributed by atoms with E-state index in [1.165, 1.54) is 19.2 Å². The number of sulfonamides is 1. The summed E-state index contributed by atoms with van der Waals surface area (Å²) in [4.78, 5) is 23.7. The number of carbonyl (C=O) groups excluding carboxylic acids is 2. The average Bonchev–Trinajstić information content (AvgIpc) is 2.66. The summed E-state index contributed by atoms with van der Waals surface area (Å²) in [5, 5.41) is 5.81. The molecule has 154 valence electrons. The zero-order valence-electron chi connectivity index (χ0n) is 15.9. The number of halogens is 1. The average molecular weight is 438 g/mol. The lowest BCUT2D eigenvalue weighted by Crippen LogP contribution is -2.38. The number of fused-ring (bicyclic) bond motifs is 1. The number of benzene rings is 2. The highest BCUT2D eigenvalue weighted by atomic mass is 35.5. The second-order valence-corrected chi connectivity index (χ2v) is 9.00. The molecule has 2 N–H and O–H groups in total. The third-order valence-corrected chi connectivity index (χ3v) is 6.71. The molecule has 0 saturated heterocycles. The van der Waals surface area contributed by atoms with E-state index < -0.39 is 15.9 Å². The molecule has 0 fully saturated rings. The number of aryl methyl sites for hydroxylation is 1. The van der Waals surface area contributed by atoms with Crippen LogP contribution in [0.1, 0.15) is 11.1 Å². The van der Waals surface area contributed by atoms with Crippen molar-refractivity contribution in [3.63, 3.8) is 0 Å². The monoisotopic (exact) mass is 437 g/mol. The van der Waals surface area contributed by atoms with Crippen LogP contribution in [0.25, 0.3) is 0 Å². The van der Waals surface area contributed by atoms with Crippen molar-refractivity contribution < 1.29 is 22.7 Å². The van der Waals surface area contributed by atoms with Gasteiger partial charge in [0.2, 0.25) is 15.9 Å². The van der Waals surface area contributed by atoms with Gasteiger partial charge in [0, 0.05) is 24.7 Å². The van der Waals surface area contributed by atoms with Crippen LogP contribution >= 0.6 is 11.6 Å². The first-order valence-corrected chi connectivity index (χ1v) is 10.5. The van der Waals surface area contributed by atoms with Crippen molar-refractivity contribution in [2.75, 3.05) is 25.5 Å². The van der Waals surface area contributed by atoms with E-state index in [4.69, 9.17) is 16.3 Å². The topological polar surface area (TPSA) is 105 Å². The van der Waals surface area contributed by atoms with Gasteiger partial charge in [-0.05, 0) is 30.2 Å². The Labute approximate surface area is 173 Å². The summed E-state index contributed by atoms with van der Waals surface area (Å²) in [7, 11) is -2.62. The number of hydrogen-bond acceptors (Lipinski definition) is 5. The van der Waals surface area contributed by atoms with E-state index in [-0.39, 0.29) is 36.2 Å². The number of hydrogen-bond donors (Lipinski definition) is 2. The van der Waals surface area contributed by atoms with Crippen LogP contribution in [0.2, 0.25) is 5.02 Å². The minimum atomic E-state index is -3.95. The molecule has 1 aliphatic heterocycles. The largest absolute Gasteiger partial charge is 0.482 e. The van der Waals surface area contributed by atoms with Crippen LogP contribution < -0.4 is 15.4 Å². The predicted molar refractivity (Wildman–Crippen MR) is 108 cm³/mol. The summed E-state index contributed by atoms with van der Waals surface area (Å²) in [6.45, 7) is 1.26. The molecule has 1 heterocycles. The molecule has 29 heavy (non-hydrogen) atoms. The van der Waals surface area contributed by atoms with Crippen LogP contribution in [-0.2, 0) is 26.2 Å². The molecule has 10 heteroatoms. The Morgan fingerprint density at radius 2 is 2.03 bits per heavy atom. The van der Waals surface area contributed by atoms with Gasteiger partial charge >= 0.3 is 0 Å². The van der Waals surface area contributed by atoms with Crippen molar-refractivity contribution in [2.24, 2.45) is 0 Å². The van der Waals surface area contributed by atoms with Crippen LogP contribution in [0.5, 0.6) is 5.75 Å². The number of rotatable bonds is 6. The zero-order valence-corrected chi connectivity index (χ0v) is 17.4. The molecule has 0 bridgehead atoms. The molecular weight excluding hydrogens is 418 g/mol. The SMILES string of the molecule is Cc1cc2c(cc1S(=O)(=O)N(C)CC(=O)NCc1ccccc1Cl)OCC(=O)N2. The minimum Gasteiger partial charge on any atom is -0.482 e. The van der Waals surface area contributed by atoms with Crippen molar-refractivity contribution in [3.8, 4) is 5.75 Å². The normalized spacial score (nSPS) is 13.4. The van der Waals surface area contributed by atoms with Gasteiger partial charge < -0.3 is 15.4 Å². The van der Waals surface area contributed by atoms with Gasteiger partial charge in [-0.3, -0.25) is 9.59 Å². The molecule has 0 spiro atoms. The van der Waals surface area contributed by atoms with E-state index >= 15 is 0 Å².